The van der Waals surface area contributed by atoms with Crippen LogP contribution in [0.25, 0.3) is 11.3 Å². The zero-order valence-electron chi connectivity index (χ0n) is 15.3. The number of hydrogen-bond donors (Lipinski definition) is 2. The number of aromatic nitrogens is 2. The first-order valence-corrected chi connectivity index (χ1v) is 9.36. The van der Waals surface area contributed by atoms with Gasteiger partial charge in [0, 0.05) is 23.7 Å². The van der Waals surface area contributed by atoms with Gasteiger partial charge in [-0.05, 0) is 69.8 Å². The quantitative estimate of drug-likeness (QED) is 0.884. The monoisotopic (exact) mass is 356 g/mol. The van der Waals surface area contributed by atoms with E-state index in [1.807, 2.05) is 0 Å². The third-order valence-electron chi connectivity index (χ3n) is 5.57. The van der Waals surface area contributed by atoms with Gasteiger partial charge in [0.1, 0.15) is 5.69 Å². The zero-order chi connectivity index (χ0) is 18.3. The van der Waals surface area contributed by atoms with Crippen molar-refractivity contribution in [3.8, 4) is 17.0 Å². The maximum Gasteiger partial charge on any atom is 0.168 e. The Morgan fingerprint density at radius 2 is 2.00 bits per heavy atom. The van der Waals surface area contributed by atoms with E-state index in [1.54, 1.807) is 19.1 Å². The van der Waals surface area contributed by atoms with E-state index in [2.05, 4.69) is 27.5 Å². The van der Waals surface area contributed by atoms with Crippen LogP contribution in [-0.4, -0.2) is 46.4 Å². The number of aromatic hydroxyl groups is 1. The van der Waals surface area contributed by atoms with Crippen LogP contribution in [0.2, 0.25) is 0 Å². The molecule has 1 aliphatic heterocycles. The van der Waals surface area contributed by atoms with Crippen molar-refractivity contribution in [2.75, 3.05) is 25.5 Å². The van der Waals surface area contributed by atoms with Crippen molar-refractivity contribution in [3.63, 3.8) is 0 Å². The first-order valence-electron chi connectivity index (χ1n) is 9.36. The van der Waals surface area contributed by atoms with E-state index >= 15 is 0 Å². The summed E-state index contributed by atoms with van der Waals surface area (Å²) < 4.78 is 14.1. The minimum Gasteiger partial charge on any atom is -0.504 e. The number of rotatable bonds is 3. The van der Waals surface area contributed by atoms with Gasteiger partial charge in [-0.2, -0.15) is 0 Å². The highest BCUT2D eigenvalue weighted by atomic mass is 19.1. The van der Waals surface area contributed by atoms with Crippen LogP contribution in [-0.2, 0) is 12.8 Å². The van der Waals surface area contributed by atoms with Gasteiger partial charge in [0.05, 0.1) is 0 Å². The van der Waals surface area contributed by atoms with Crippen molar-refractivity contribution < 1.29 is 9.50 Å². The van der Waals surface area contributed by atoms with Crippen LogP contribution in [0.15, 0.2) is 12.1 Å². The van der Waals surface area contributed by atoms with E-state index in [4.69, 9.17) is 0 Å². The highest BCUT2D eigenvalue weighted by Gasteiger charge is 2.26. The maximum atomic E-state index is 14.1. The molecule has 1 saturated heterocycles. The highest BCUT2D eigenvalue weighted by Crippen LogP contribution is 2.39. The topological polar surface area (TPSA) is 61.3 Å². The third kappa shape index (κ3) is 3.03. The summed E-state index contributed by atoms with van der Waals surface area (Å²) in [6, 6.07) is 3.79. The molecule has 6 heteroatoms. The number of hydrogen-bond acceptors (Lipinski definition) is 5. The summed E-state index contributed by atoms with van der Waals surface area (Å²) >= 11 is 0. The van der Waals surface area contributed by atoms with E-state index in [-0.39, 0.29) is 5.75 Å². The Hall–Kier alpha value is -2.21. The van der Waals surface area contributed by atoms with Crippen LogP contribution < -0.4 is 5.32 Å². The Bertz CT molecular complexity index is 839. The fraction of sp³-hybridized carbons (Fsp3) is 0.500. The summed E-state index contributed by atoms with van der Waals surface area (Å²) in [6.07, 6.45) is 5.17. The molecule has 0 bridgehead atoms. The Morgan fingerprint density at radius 1 is 1.19 bits per heavy atom. The minimum atomic E-state index is -0.580. The standard InChI is InChI=1S/C20H25FN4O/c1-12-8-9-16(19(26)17(12)21)18-14-6-3-7-15(14)20(24-23-18)22-13-5-4-10-25(2)11-13/h8-9,13,26H,3-7,10-11H2,1-2H3,(H,22,24)/t13-/m1/s1. The number of phenolic OH excluding ortho intramolecular Hbond substituents is 1. The summed E-state index contributed by atoms with van der Waals surface area (Å²) in [5, 5.41) is 22.6. The third-order valence-corrected chi connectivity index (χ3v) is 5.57. The van der Waals surface area contributed by atoms with Gasteiger partial charge < -0.3 is 15.3 Å². The minimum absolute atomic E-state index is 0.331. The molecule has 2 N–H and O–H groups in total. The fourth-order valence-corrected chi connectivity index (χ4v) is 4.15. The average molecular weight is 356 g/mol. The Balaban J connectivity index is 1.69. The second kappa shape index (κ2) is 6.83. The van der Waals surface area contributed by atoms with E-state index < -0.39 is 5.82 Å². The predicted octanol–water partition coefficient (Wildman–Crippen LogP) is 3.29. The van der Waals surface area contributed by atoms with Gasteiger partial charge in [-0.3, -0.25) is 0 Å². The van der Waals surface area contributed by atoms with Crippen molar-refractivity contribution in [1.82, 2.24) is 15.1 Å². The van der Waals surface area contributed by atoms with E-state index in [0.29, 0.717) is 22.9 Å². The van der Waals surface area contributed by atoms with Gasteiger partial charge in [-0.1, -0.05) is 6.07 Å². The number of nitrogens with zero attached hydrogens (tertiary/aromatic N) is 3. The molecule has 2 aliphatic rings. The molecule has 0 saturated carbocycles. The number of likely N-dealkylation sites (tertiary alicyclic amines) is 1. The number of benzene rings is 1. The lowest BCUT2D eigenvalue weighted by atomic mass is 10.0. The van der Waals surface area contributed by atoms with Gasteiger partial charge in [0.2, 0.25) is 0 Å². The molecule has 0 amide bonds. The van der Waals surface area contributed by atoms with Crippen molar-refractivity contribution in [2.45, 2.75) is 45.1 Å². The molecule has 1 aromatic heterocycles. The first kappa shape index (κ1) is 17.2. The highest BCUT2D eigenvalue weighted by molar-refractivity contribution is 5.73. The summed E-state index contributed by atoms with van der Waals surface area (Å²) in [5.41, 5.74) is 3.73. The predicted molar refractivity (Wildman–Crippen MR) is 100.0 cm³/mol. The van der Waals surface area contributed by atoms with Gasteiger partial charge in [0.25, 0.3) is 0 Å². The number of piperidine rings is 1. The number of fused-ring (bicyclic) bond motifs is 1. The number of anilines is 1. The molecule has 1 atom stereocenters. The average Bonchev–Trinajstić information content (AvgIpc) is 3.11. The first-order chi connectivity index (χ1) is 12.5. The zero-order valence-corrected chi connectivity index (χ0v) is 15.3. The number of aryl methyl sites for hydroxylation is 1. The molecule has 0 spiro atoms. The van der Waals surface area contributed by atoms with Gasteiger partial charge in [0.15, 0.2) is 17.4 Å². The number of likely N-dealkylation sites (N-methyl/N-ethyl adjacent to an activating group) is 1. The van der Waals surface area contributed by atoms with Crippen molar-refractivity contribution in [3.05, 3.63) is 34.6 Å². The Morgan fingerprint density at radius 3 is 2.81 bits per heavy atom. The van der Waals surface area contributed by atoms with Gasteiger partial charge in [-0.25, -0.2) is 4.39 Å². The Labute approximate surface area is 153 Å². The van der Waals surface area contributed by atoms with E-state index in [0.717, 1.165) is 50.2 Å². The molecular weight excluding hydrogens is 331 g/mol. The molecule has 0 unspecified atom stereocenters. The number of nitrogens with one attached hydrogen (secondary N) is 1. The second-order valence-electron chi connectivity index (χ2n) is 7.55. The smallest absolute Gasteiger partial charge is 0.168 e. The molecular formula is C20H25FN4O. The summed E-state index contributed by atoms with van der Waals surface area (Å²) in [5.74, 6) is -0.0554. The molecule has 26 heavy (non-hydrogen) atoms. The molecule has 2 heterocycles. The second-order valence-corrected chi connectivity index (χ2v) is 7.55. The lowest BCUT2D eigenvalue weighted by Crippen LogP contribution is -2.40. The molecule has 1 fully saturated rings. The number of halogens is 1. The van der Waals surface area contributed by atoms with Crippen molar-refractivity contribution in [2.24, 2.45) is 0 Å². The summed E-state index contributed by atoms with van der Waals surface area (Å²) in [4.78, 5) is 2.33. The van der Waals surface area contributed by atoms with Crippen molar-refractivity contribution in [1.29, 1.82) is 0 Å². The maximum absolute atomic E-state index is 14.1. The van der Waals surface area contributed by atoms with Crippen LogP contribution in [0.1, 0.15) is 36.0 Å². The van der Waals surface area contributed by atoms with Crippen molar-refractivity contribution >= 4 is 5.82 Å². The molecule has 138 valence electrons. The van der Waals surface area contributed by atoms with Crippen LogP contribution in [0.5, 0.6) is 5.75 Å². The van der Waals surface area contributed by atoms with Gasteiger partial charge >= 0.3 is 0 Å². The Kier molecular flexibility index (Phi) is 4.53. The molecule has 4 rings (SSSR count). The SMILES string of the molecule is Cc1ccc(-c2nnc(N[C@@H]3CCCN(C)C3)c3c2CCC3)c(O)c1F. The van der Waals surface area contributed by atoms with Crippen LogP contribution in [0.3, 0.4) is 0 Å². The largest absolute Gasteiger partial charge is 0.504 e. The molecule has 5 nitrogen and oxygen atoms in total. The molecule has 1 aliphatic carbocycles. The lowest BCUT2D eigenvalue weighted by Gasteiger charge is -2.31. The van der Waals surface area contributed by atoms with E-state index in [9.17, 15) is 9.50 Å². The normalized spacial score (nSPS) is 20.2. The number of phenols is 1. The molecule has 0 radical (unpaired) electrons. The fourth-order valence-electron chi connectivity index (χ4n) is 4.15. The molecule has 1 aromatic carbocycles. The summed E-state index contributed by atoms with van der Waals surface area (Å²) in [7, 11) is 2.14. The van der Waals surface area contributed by atoms with Crippen LogP contribution in [0, 0.1) is 12.7 Å². The van der Waals surface area contributed by atoms with E-state index in [1.165, 1.54) is 12.0 Å². The molecule has 2 aromatic rings. The summed E-state index contributed by atoms with van der Waals surface area (Å²) in [6.45, 7) is 3.78. The van der Waals surface area contributed by atoms with Gasteiger partial charge in [-0.15, -0.1) is 10.2 Å². The van der Waals surface area contributed by atoms with Crippen LogP contribution >= 0.6 is 0 Å². The van der Waals surface area contributed by atoms with Crippen LogP contribution in [0.4, 0.5) is 10.2 Å². The lowest BCUT2D eigenvalue weighted by molar-refractivity contribution is 0.260.